The van der Waals surface area contributed by atoms with E-state index in [9.17, 15) is 13.2 Å². The SMILES string of the molecule is COc1cc2c(NS(=O)(=O)c3c(OC)cc(Br)cc3OC)noc2cc1N(C(=O)OC(C)(C)C)c1cc(C2CC2)n(C2CCCCO2)n1. The molecule has 1 N–H and O–H groups in total. The summed E-state index contributed by atoms with van der Waals surface area (Å²) in [5.41, 5.74) is 0.593. The lowest BCUT2D eigenvalue weighted by Crippen LogP contribution is -2.34. The Labute approximate surface area is 286 Å². The number of amides is 1. The van der Waals surface area contributed by atoms with Gasteiger partial charge in [0, 0.05) is 34.8 Å². The fourth-order valence-corrected chi connectivity index (χ4v) is 7.35. The standard InChI is InChI=1S/C32H38BrN5O9S/c1-32(2,3)46-31(39)37(27-17-21(18-10-11-18)38(34-27)28-9-7-8-12-45-28)22-16-23-20(15-24(22)42-4)30(35-47-23)36-48(40,41)29-25(43-5)13-19(33)14-26(29)44-6/h13-18,28H,7-12H2,1-6H3,(H,35,36). The number of aromatic nitrogens is 3. The number of halogens is 1. The topological polar surface area (TPSA) is 156 Å². The molecule has 0 radical (unpaired) electrons. The van der Waals surface area contributed by atoms with E-state index in [1.807, 2.05) is 10.7 Å². The average molecular weight is 749 g/mol. The number of ether oxygens (including phenoxy) is 5. The van der Waals surface area contributed by atoms with Gasteiger partial charge in [-0.3, -0.25) is 4.72 Å². The maximum Gasteiger partial charge on any atom is 0.420 e. The minimum absolute atomic E-state index is 0.0537. The van der Waals surface area contributed by atoms with Crippen LogP contribution in [0.5, 0.6) is 17.2 Å². The Morgan fingerprint density at radius 3 is 2.27 bits per heavy atom. The van der Waals surface area contributed by atoms with Crippen LogP contribution in [0.4, 0.5) is 22.1 Å². The van der Waals surface area contributed by atoms with Gasteiger partial charge in [0.05, 0.1) is 32.4 Å². The number of benzene rings is 2. The fraction of sp³-hybridized carbons (Fsp3) is 0.469. The van der Waals surface area contributed by atoms with Gasteiger partial charge in [0.25, 0.3) is 10.0 Å². The largest absolute Gasteiger partial charge is 0.495 e. The third-order valence-corrected chi connectivity index (χ3v) is 9.78. The third-order valence-electron chi connectivity index (χ3n) is 7.92. The van der Waals surface area contributed by atoms with E-state index in [1.54, 1.807) is 20.8 Å². The average Bonchev–Trinajstić information content (AvgIpc) is 3.69. The molecule has 1 saturated carbocycles. The first-order chi connectivity index (χ1) is 22.8. The van der Waals surface area contributed by atoms with E-state index in [0.717, 1.165) is 37.8 Å². The first kappa shape index (κ1) is 33.9. The van der Waals surface area contributed by atoms with Gasteiger partial charge in [-0.25, -0.2) is 22.8 Å². The van der Waals surface area contributed by atoms with Gasteiger partial charge >= 0.3 is 6.09 Å². The summed E-state index contributed by atoms with van der Waals surface area (Å²) in [7, 11) is -0.158. The molecule has 1 atom stereocenters. The Hall–Kier alpha value is -4.02. The van der Waals surface area contributed by atoms with Crippen LogP contribution in [0.1, 0.15) is 70.7 Å². The molecule has 2 fully saturated rings. The van der Waals surface area contributed by atoms with Gasteiger partial charge in [-0.05, 0) is 71.1 Å². The number of rotatable bonds is 10. The Kier molecular flexibility index (Phi) is 9.26. The number of carbonyl (C=O) groups excluding carboxylic acids is 1. The summed E-state index contributed by atoms with van der Waals surface area (Å²) in [5, 5.41) is 9.19. The Morgan fingerprint density at radius 2 is 1.69 bits per heavy atom. The lowest BCUT2D eigenvalue weighted by Gasteiger charge is -2.27. The second-order valence-electron chi connectivity index (χ2n) is 12.6. The minimum atomic E-state index is -4.31. The van der Waals surface area contributed by atoms with Crippen LogP contribution >= 0.6 is 15.9 Å². The molecule has 4 aromatic rings. The number of sulfonamides is 1. The van der Waals surface area contributed by atoms with Crippen LogP contribution in [0.25, 0.3) is 11.0 Å². The zero-order valence-corrected chi connectivity index (χ0v) is 29.9. The van der Waals surface area contributed by atoms with Crippen molar-refractivity contribution in [3.63, 3.8) is 0 Å². The monoisotopic (exact) mass is 747 g/mol. The van der Waals surface area contributed by atoms with E-state index in [-0.39, 0.29) is 50.8 Å². The van der Waals surface area contributed by atoms with Crippen LogP contribution in [-0.4, -0.2) is 63.0 Å². The summed E-state index contributed by atoms with van der Waals surface area (Å²) in [6.45, 7) is 5.97. The third kappa shape index (κ3) is 6.78. The molecule has 258 valence electrons. The van der Waals surface area contributed by atoms with Crippen molar-refractivity contribution < 1.29 is 41.4 Å². The van der Waals surface area contributed by atoms with Crippen LogP contribution in [0.2, 0.25) is 0 Å². The molecule has 6 rings (SSSR count). The van der Waals surface area contributed by atoms with Gasteiger partial charge < -0.3 is 28.2 Å². The molecule has 3 heterocycles. The number of nitrogens with one attached hydrogen (secondary N) is 1. The van der Waals surface area contributed by atoms with Crippen molar-refractivity contribution in [2.45, 2.75) is 75.5 Å². The summed E-state index contributed by atoms with van der Waals surface area (Å²) < 4.78 is 66.3. The maximum atomic E-state index is 13.9. The molecule has 14 nitrogen and oxygen atoms in total. The van der Waals surface area contributed by atoms with Crippen molar-refractivity contribution in [2.75, 3.05) is 37.6 Å². The first-order valence-electron chi connectivity index (χ1n) is 15.5. The van der Waals surface area contributed by atoms with Gasteiger partial charge in [-0.15, -0.1) is 0 Å². The molecule has 1 amide bonds. The Morgan fingerprint density at radius 1 is 1.00 bits per heavy atom. The van der Waals surface area contributed by atoms with Gasteiger partial charge in [0.2, 0.25) is 0 Å². The number of hydrogen-bond donors (Lipinski definition) is 1. The molecule has 0 bridgehead atoms. The van der Waals surface area contributed by atoms with Crippen molar-refractivity contribution in [3.8, 4) is 17.2 Å². The van der Waals surface area contributed by atoms with Gasteiger partial charge in [-0.1, -0.05) is 21.1 Å². The zero-order valence-electron chi connectivity index (χ0n) is 27.5. The predicted octanol–water partition coefficient (Wildman–Crippen LogP) is 7.26. The normalized spacial score (nSPS) is 16.9. The van der Waals surface area contributed by atoms with E-state index >= 15 is 0 Å². The van der Waals surface area contributed by atoms with Gasteiger partial charge in [0.15, 0.2) is 28.3 Å². The van der Waals surface area contributed by atoms with Crippen molar-refractivity contribution in [1.29, 1.82) is 0 Å². The van der Waals surface area contributed by atoms with Crippen LogP contribution in [0.3, 0.4) is 0 Å². The molecule has 1 saturated heterocycles. The predicted molar refractivity (Wildman–Crippen MR) is 180 cm³/mol. The number of methoxy groups -OCH3 is 3. The highest BCUT2D eigenvalue weighted by Gasteiger charge is 2.36. The molecule has 48 heavy (non-hydrogen) atoms. The maximum absolute atomic E-state index is 13.9. The fourth-order valence-electron chi connectivity index (χ4n) is 5.62. The van der Waals surface area contributed by atoms with Crippen molar-refractivity contribution in [1.82, 2.24) is 14.9 Å². The second-order valence-corrected chi connectivity index (χ2v) is 15.1. The summed E-state index contributed by atoms with van der Waals surface area (Å²) in [5.74, 6) is 0.853. The lowest BCUT2D eigenvalue weighted by atomic mass is 10.1. The molecule has 1 aliphatic heterocycles. The first-order valence-corrected chi connectivity index (χ1v) is 17.8. The summed E-state index contributed by atoms with van der Waals surface area (Å²) >= 11 is 3.34. The van der Waals surface area contributed by atoms with Crippen molar-refractivity contribution >= 4 is 60.3 Å². The molecule has 2 aromatic carbocycles. The molecular formula is C32H38BrN5O9S. The molecular weight excluding hydrogens is 710 g/mol. The van der Waals surface area contributed by atoms with Crippen LogP contribution in [-0.2, 0) is 19.5 Å². The van der Waals surface area contributed by atoms with E-state index in [0.29, 0.717) is 22.8 Å². The van der Waals surface area contributed by atoms with Crippen molar-refractivity contribution in [2.24, 2.45) is 0 Å². The number of carbonyl (C=O) groups is 1. The van der Waals surface area contributed by atoms with Crippen LogP contribution in [0.15, 0.2) is 44.2 Å². The number of nitrogens with zero attached hydrogens (tertiary/aromatic N) is 4. The molecule has 2 aromatic heterocycles. The molecule has 1 unspecified atom stereocenters. The van der Waals surface area contributed by atoms with E-state index in [4.69, 9.17) is 33.3 Å². The molecule has 0 spiro atoms. The van der Waals surface area contributed by atoms with Crippen LogP contribution < -0.4 is 23.8 Å². The highest BCUT2D eigenvalue weighted by Crippen LogP contribution is 2.46. The number of fused-ring (bicyclic) bond motifs is 1. The second kappa shape index (κ2) is 13.1. The molecule has 16 heteroatoms. The highest BCUT2D eigenvalue weighted by atomic mass is 79.9. The molecule has 1 aliphatic carbocycles. The Bertz CT molecular complexity index is 1920. The number of anilines is 3. The summed E-state index contributed by atoms with van der Waals surface area (Å²) in [4.78, 5) is 15.0. The smallest absolute Gasteiger partial charge is 0.420 e. The van der Waals surface area contributed by atoms with Crippen molar-refractivity contribution in [3.05, 3.63) is 40.5 Å². The van der Waals surface area contributed by atoms with E-state index < -0.39 is 21.7 Å². The van der Waals surface area contributed by atoms with Crippen LogP contribution in [0, 0.1) is 0 Å². The van der Waals surface area contributed by atoms with E-state index in [1.165, 1.54) is 50.5 Å². The summed E-state index contributed by atoms with van der Waals surface area (Å²) in [6, 6.07) is 7.98. The minimum Gasteiger partial charge on any atom is -0.495 e. The lowest BCUT2D eigenvalue weighted by molar-refractivity contribution is -0.0410. The zero-order chi connectivity index (χ0) is 34.4. The number of hydrogen-bond acceptors (Lipinski definition) is 11. The highest BCUT2D eigenvalue weighted by molar-refractivity contribution is 9.10. The molecule has 2 aliphatic rings. The van der Waals surface area contributed by atoms with E-state index in [2.05, 4.69) is 25.8 Å². The Balaban J connectivity index is 1.44. The van der Waals surface area contributed by atoms with Gasteiger partial charge in [-0.2, -0.15) is 5.10 Å². The van der Waals surface area contributed by atoms with Gasteiger partial charge in [0.1, 0.15) is 22.8 Å². The quantitative estimate of drug-likeness (QED) is 0.174. The summed E-state index contributed by atoms with van der Waals surface area (Å²) in [6.07, 6.45) is 3.94.